The van der Waals surface area contributed by atoms with Crippen LogP contribution in [0.1, 0.15) is 20.3 Å². The lowest BCUT2D eigenvalue weighted by atomic mass is 9.96. The number of rotatable bonds is 3. The molecule has 20 heavy (non-hydrogen) atoms. The maximum Gasteiger partial charge on any atom is 0.245 e. The van der Waals surface area contributed by atoms with Crippen LogP contribution in [0.15, 0.2) is 26.0 Å². The first kappa shape index (κ1) is 16.3. The number of anilines is 1. The van der Waals surface area contributed by atoms with Crippen LogP contribution in [0.4, 0.5) is 5.69 Å². The molecule has 4 nitrogen and oxygen atoms in total. The van der Waals surface area contributed by atoms with Gasteiger partial charge in [0.1, 0.15) is 4.90 Å². The summed E-state index contributed by atoms with van der Waals surface area (Å²) in [5, 5.41) is 0. The second kappa shape index (κ2) is 5.94. The molecule has 0 bridgehead atoms. The van der Waals surface area contributed by atoms with Crippen LogP contribution in [-0.4, -0.2) is 25.8 Å². The molecule has 7 heteroatoms. The fourth-order valence-corrected chi connectivity index (χ4v) is 6.52. The Hall–Kier alpha value is -0.110. The van der Waals surface area contributed by atoms with E-state index in [1.54, 1.807) is 16.4 Å². The quantitative estimate of drug-likeness (QED) is 0.754. The van der Waals surface area contributed by atoms with Gasteiger partial charge in [0, 0.05) is 27.7 Å². The molecule has 0 aliphatic carbocycles. The summed E-state index contributed by atoms with van der Waals surface area (Å²) in [6.07, 6.45) is 0.918. The van der Waals surface area contributed by atoms with Gasteiger partial charge in [0.25, 0.3) is 0 Å². The Morgan fingerprint density at radius 1 is 1.30 bits per heavy atom. The minimum absolute atomic E-state index is 0.260. The van der Waals surface area contributed by atoms with E-state index < -0.39 is 10.0 Å². The van der Waals surface area contributed by atoms with Crippen LogP contribution in [0.25, 0.3) is 0 Å². The van der Waals surface area contributed by atoms with Crippen LogP contribution in [0.5, 0.6) is 0 Å². The van der Waals surface area contributed by atoms with Crippen LogP contribution in [-0.2, 0) is 10.0 Å². The highest BCUT2D eigenvalue weighted by Gasteiger charge is 2.35. The van der Waals surface area contributed by atoms with Gasteiger partial charge in [-0.25, -0.2) is 8.42 Å². The van der Waals surface area contributed by atoms with Gasteiger partial charge in [-0.15, -0.1) is 0 Å². The van der Waals surface area contributed by atoms with Crippen molar-refractivity contribution in [2.24, 2.45) is 11.8 Å². The molecule has 1 aromatic carbocycles. The lowest BCUT2D eigenvalue weighted by Crippen LogP contribution is -2.30. The largest absolute Gasteiger partial charge is 0.399 e. The first-order chi connectivity index (χ1) is 9.23. The summed E-state index contributed by atoms with van der Waals surface area (Å²) < 4.78 is 28.1. The van der Waals surface area contributed by atoms with Gasteiger partial charge in [-0.3, -0.25) is 0 Å². The molecule has 0 radical (unpaired) electrons. The van der Waals surface area contributed by atoms with E-state index in [-0.39, 0.29) is 4.90 Å². The molecule has 1 heterocycles. The summed E-state index contributed by atoms with van der Waals surface area (Å²) in [4.78, 5) is 0.260. The van der Waals surface area contributed by atoms with Gasteiger partial charge >= 0.3 is 0 Å². The Labute approximate surface area is 137 Å². The van der Waals surface area contributed by atoms with E-state index in [1.807, 2.05) is 0 Å². The maximum atomic E-state index is 12.8. The van der Waals surface area contributed by atoms with Crippen LogP contribution in [0.2, 0.25) is 0 Å². The Morgan fingerprint density at radius 3 is 2.30 bits per heavy atom. The molecule has 1 aliphatic heterocycles. The van der Waals surface area contributed by atoms with Crippen molar-refractivity contribution in [1.82, 2.24) is 4.31 Å². The van der Waals surface area contributed by atoms with Gasteiger partial charge in [-0.1, -0.05) is 13.8 Å². The predicted molar refractivity (Wildman–Crippen MR) is 88.0 cm³/mol. The highest BCUT2D eigenvalue weighted by Crippen LogP contribution is 2.36. The number of nitrogen functional groups attached to an aromatic ring is 1. The zero-order valence-corrected chi connectivity index (χ0v) is 15.4. The van der Waals surface area contributed by atoms with Crippen molar-refractivity contribution in [1.29, 1.82) is 0 Å². The van der Waals surface area contributed by atoms with Crippen LogP contribution < -0.4 is 5.73 Å². The molecular formula is C13H18Br2N2O2S. The van der Waals surface area contributed by atoms with E-state index in [2.05, 4.69) is 45.7 Å². The van der Waals surface area contributed by atoms with E-state index >= 15 is 0 Å². The summed E-state index contributed by atoms with van der Waals surface area (Å²) in [5.74, 6) is 0.921. The van der Waals surface area contributed by atoms with Gasteiger partial charge in [0.2, 0.25) is 10.0 Å². The fourth-order valence-electron chi connectivity index (χ4n) is 2.47. The number of benzene rings is 1. The van der Waals surface area contributed by atoms with E-state index in [4.69, 9.17) is 5.73 Å². The van der Waals surface area contributed by atoms with Gasteiger partial charge < -0.3 is 5.73 Å². The third-order valence-electron chi connectivity index (χ3n) is 3.75. The highest BCUT2D eigenvalue weighted by molar-refractivity contribution is 9.11. The summed E-state index contributed by atoms with van der Waals surface area (Å²) in [5.41, 5.74) is 6.24. The Kier molecular flexibility index (Phi) is 4.83. The molecule has 1 saturated heterocycles. The molecule has 0 spiro atoms. The molecule has 1 aromatic rings. The summed E-state index contributed by atoms with van der Waals surface area (Å²) in [6, 6.07) is 3.24. The third kappa shape index (κ3) is 3.05. The van der Waals surface area contributed by atoms with Gasteiger partial charge in [0.15, 0.2) is 0 Å². The van der Waals surface area contributed by atoms with E-state index in [9.17, 15) is 8.42 Å². The second-order valence-electron chi connectivity index (χ2n) is 5.47. The van der Waals surface area contributed by atoms with Gasteiger partial charge in [-0.2, -0.15) is 4.31 Å². The molecule has 1 fully saturated rings. The molecule has 2 rings (SSSR count). The van der Waals surface area contributed by atoms with E-state index in [0.29, 0.717) is 39.6 Å². The van der Waals surface area contributed by atoms with Crippen molar-refractivity contribution in [3.05, 3.63) is 21.1 Å². The minimum atomic E-state index is -3.50. The molecule has 1 unspecified atom stereocenters. The van der Waals surface area contributed by atoms with Crippen molar-refractivity contribution in [2.75, 3.05) is 18.8 Å². The lowest BCUT2D eigenvalue weighted by Gasteiger charge is -2.20. The fraction of sp³-hybridized carbons (Fsp3) is 0.538. The molecular weight excluding hydrogens is 408 g/mol. The Morgan fingerprint density at radius 2 is 1.85 bits per heavy atom. The van der Waals surface area contributed by atoms with Crippen LogP contribution in [0.3, 0.4) is 0 Å². The summed E-state index contributed by atoms with van der Waals surface area (Å²) in [7, 11) is -3.50. The number of nitrogens with two attached hydrogens (primary N) is 1. The Bertz CT molecular complexity index is 594. The first-order valence-electron chi connectivity index (χ1n) is 6.48. The van der Waals surface area contributed by atoms with E-state index in [0.717, 1.165) is 6.42 Å². The zero-order valence-electron chi connectivity index (χ0n) is 11.4. The number of nitrogens with zero attached hydrogens (tertiary/aromatic N) is 1. The average Bonchev–Trinajstić information content (AvgIpc) is 2.76. The standard InChI is InChI=1S/C13H18Br2N2O2S/c1-8(2)9-3-4-17(7-9)20(18,19)13-11(14)5-10(16)6-12(13)15/h5-6,8-9H,3-4,7,16H2,1-2H3. The molecule has 112 valence electrons. The normalized spacial score (nSPS) is 20.8. The van der Waals surface area contributed by atoms with Crippen LogP contribution in [0, 0.1) is 11.8 Å². The van der Waals surface area contributed by atoms with Crippen molar-refractivity contribution in [3.8, 4) is 0 Å². The summed E-state index contributed by atoms with van der Waals surface area (Å²) >= 11 is 6.62. The number of sulfonamides is 1. The van der Waals surface area contributed by atoms with Crippen molar-refractivity contribution in [3.63, 3.8) is 0 Å². The molecule has 1 atom stereocenters. The monoisotopic (exact) mass is 424 g/mol. The van der Waals surface area contributed by atoms with Crippen molar-refractivity contribution >= 4 is 47.6 Å². The molecule has 0 saturated carbocycles. The summed E-state index contributed by atoms with van der Waals surface area (Å²) in [6.45, 7) is 5.43. The first-order valence-corrected chi connectivity index (χ1v) is 9.50. The average molecular weight is 426 g/mol. The number of hydrogen-bond acceptors (Lipinski definition) is 3. The molecule has 0 amide bonds. The van der Waals surface area contributed by atoms with Crippen molar-refractivity contribution in [2.45, 2.75) is 25.2 Å². The molecule has 2 N–H and O–H groups in total. The van der Waals surface area contributed by atoms with Gasteiger partial charge in [-0.05, 0) is 62.2 Å². The number of halogens is 2. The maximum absolute atomic E-state index is 12.8. The smallest absolute Gasteiger partial charge is 0.245 e. The van der Waals surface area contributed by atoms with Crippen molar-refractivity contribution < 1.29 is 8.42 Å². The molecule has 1 aliphatic rings. The highest BCUT2D eigenvalue weighted by atomic mass is 79.9. The minimum Gasteiger partial charge on any atom is -0.399 e. The zero-order chi connectivity index (χ0) is 15.1. The van der Waals surface area contributed by atoms with Gasteiger partial charge in [0.05, 0.1) is 0 Å². The topological polar surface area (TPSA) is 63.4 Å². The van der Waals surface area contributed by atoms with Crippen LogP contribution >= 0.6 is 31.9 Å². The number of hydrogen-bond donors (Lipinski definition) is 1. The predicted octanol–water partition coefficient (Wildman–Crippen LogP) is 3.46. The second-order valence-corrected chi connectivity index (χ2v) is 9.05. The van der Waals surface area contributed by atoms with E-state index in [1.165, 1.54) is 0 Å². The lowest BCUT2D eigenvalue weighted by molar-refractivity contribution is 0.388. The third-order valence-corrected chi connectivity index (χ3v) is 7.49. The SMILES string of the molecule is CC(C)C1CCN(S(=O)(=O)c2c(Br)cc(N)cc2Br)C1. The molecule has 0 aromatic heterocycles. The Balaban J connectivity index is 2.38.